The summed E-state index contributed by atoms with van der Waals surface area (Å²) in [5.74, 6) is 0.403. The molecule has 0 saturated heterocycles. The van der Waals surface area contributed by atoms with E-state index in [0.29, 0.717) is 34.6 Å². The Morgan fingerprint density at radius 3 is 2.14 bits per heavy atom. The second-order valence-corrected chi connectivity index (χ2v) is 12.3. The average Bonchev–Trinajstić information content (AvgIpc) is 3.50. The summed E-state index contributed by atoms with van der Waals surface area (Å²) in [5.41, 5.74) is 0.833. The number of carbonyl (C=O) groups excluding carboxylic acids is 4. The molecule has 0 radical (unpaired) electrons. The van der Waals surface area contributed by atoms with Crippen molar-refractivity contribution < 1.29 is 19.2 Å². The summed E-state index contributed by atoms with van der Waals surface area (Å²) in [5, 5.41) is 9.34. The molecule has 5 aliphatic carbocycles. The van der Waals surface area contributed by atoms with Gasteiger partial charge in [-0.1, -0.05) is 16.6 Å². The molecule has 2 aromatic rings. The molecule has 4 bridgehead atoms. The number of fused-ring (bicyclic) bond motifs is 1. The van der Waals surface area contributed by atoms with E-state index in [2.05, 4.69) is 14.9 Å². The SMILES string of the molecule is O=C(NC12CC3CC(CC(C3)C1)C2)[C@@H](c1csnn1)N(C(=O)CN1C(=O)c2ccccc2C1=O)C1CC1. The van der Waals surface area contributed by atoms with Gasteiger partial charge in [0, 0.05) is 17.0 Å². The van der Waals surface area contributed by atoms with E-state index in [0.717, 1.165) is 48.5 Å². The zero-order valence-corrected chi connectivity index (χ0v) is 21.3. The van der Waals surface area contributed by atoms with Gasteiger partial charge < -0.3 is 10.2 Å². The lowest BCUT2D eigenvalue weighted by molar-refractivity contribution is -0.144. The van der Waals surface area contributed by atoms with Crippen LogP contribution in [0.25, 0.3) is 0 Å². The highest BCUT2D eigenvalue weighted by Crippen LogP contribution is 2.55. The number of nitrogens with zero attached hydrogens (tertiary/aromatic N) is 4. The van der Waals surface area contributed by atoms with Gasteiger partial charge >= 0.3 is 0 Å². The van der Waals surface area contributed by atoms with Crippen molar-refractivity contribution in [3.05, 3.63) is 46.5 Å². The first-order chi connectivity index (χ1) is 17.9. The van der Waals surface area contributed by atoms with Gasteiger partial charge in [-0.3, -0.25) is 24.1 Å². The monoisotopic (exact) mass is 519 g/mol. The number of imide groups is 1. The first-order valence-corrected chi connectivity index (χ1v) is 14.1. The molecule has 192 valence electrons. The van der Waals surface area contributed by atoms with E-state index < -0.39 is 30.3 Å². The minimum atomic E-state index is -0.929. The summed E-state index contributed by atoms with van der Waals surface area (Å²) in [6.45, 7) is -0.401. The third-order valence-electron chi connectivity index (χ3n) is 9.01. The van der Waals surface area contributed by atoms with Crippen molar-refractivity contribution >= 4 is 35.2 Å². The number of benzene rings is 1. The van der Waals surface area contributed by atoms with Gasteiger partial charge in [0.15, 0.2) is 6.04 Å². The number of rotatable bonds is 7. The Hall–Kier alpha value is -3.14. The van der Waals surface area contributed by atoms with Crippen molar-refractivity contribution in [1.82, 2.24) is 24.7 Å². The Balaban J connectivity index is 1.16. The van der Waals surface area contributed by atoms with Crippen LogP contribution in [0.15, 0.2) is 29.6 Å². The van der Waals surface area contributed by atoms with Gasteiger partial charge in [-0.15, -0.1) is 5.10 Å². The number of nitrogens with one attached hydrogen (secondary N) is 1. The van der Waals surface area contributed by atoms with Crippen molar-refractivity contribution in [1.29, 1.82) is 0 Å². The van der Waals surface area contributed by atoms with Gasteiger partial charge in [0.05, 0.1) is 11.1 Å². The molecule has 5 fully saturated rings. The van der Waals surface area contributed by atoms with Crippen LogP contribution in [0.3, 0.4) is 0 Å². The Kier molecular flexibility index (Phi) is 5.25. The third kappa shape index (κ3) is 3.88. The van der Waals surface area contributed by atoms with Gasteiger partial charge in [0.2, 0.25) is 11.8 Å². The minimum Gasteiger partial charge on any atom is -0.348 e. The lowest BCUT2D eigenvalue weighted by Crippen LogP contribution is -2.62. The van der Waals surface area contributed by atoms with Gasteiger partial charge in [0.25, 0.3) is 11.8 Å². The van der Waals surface area contributed by atoms with Crippen LogP contribution in [0.4, 0.5) is 0 Å². The predicted octanol–water partition coefficient (Wildman–Crippen LogP) is 2.95. The molecule has 2 heterocycles. The molecule has 8 rings (SSSR count). The summed E-state index contributed by atoms with van der Waals surface area (Å²) in [6.07, 6.45) is 8.33. The maximum atomic E-state index is 14.0. The largest absolute Gasteiger partial charge is 0.348 e. The molecule has 1 N–H and O–H groups in total. The van der Waals surface area contributed by atoms with Crippen LogP contribution in [0.1, 0.15) is 83.8 Å². The lowest BCUT2D eigenvalue weighted by Gasteiger charge is -2.57. The van der Waals surface area contributed by atoms with Gasteiger partial charge in [-0.05, 0) is 92.8 Å². The van der Waals surface area contributed by atoms with Crippen LogP contribution in [-0.4, -0.2) is 61.1 Å². The van der Waals surface area contributed by atoms with Gasteiger partial charge in [0.1, 0.15) is 12.2 Å². The Morgan fingerprint density at radius 2 is 1.62 bits per heavy atom. The van der Waals surface area contributed by atoms with Crippen LogP contribution in [0, 0.1) is 17.8 Å². The van der Waals surface area contributed by atoms with Crippen LogP contribution in [0.2, 0.25) is 0 Å². The summed E-state index contributed by atoms with van der Waals surface area (Å²) in [6, 6.07) is 5.54. The Labute approximate surface area is 218 Å². The van der Waals surface area contributed by atoms with Crippen LogP contribution < -0.4 is 5.32 Å². The summed E-state index contributed by atoms with van der Waals surface area (Å²) in [4.78, 5) is 56.2. The maximum absolute atomic E-state index is 14.0. The second kappa shape index (κ2) is 8.44. The van der Waals surface area contributed by atoms with E-state index in [-0.39, 0.29) is 17.5 Å². The van der Waals surface area contributed by atoms with Crippen LogP contribution in [0.5, 0.6) is 0 Å². The van der Waals surface area contributed by atoms with E-state index in [9.17, 15) is 19.2 Å². The molecule has 1 aliphatic heterocycles. The molecule has 37 heavy (non-hydrogen) atoms. The summed E-state index contributed by atoms with van der Waals surface area (Å²) >= 11 is 1.14. The van der Waals surface area contributed by atoms with E-state index in [1.165, 1.54) is 19.3 Å². The second-order valence-electron chi connectivity index (χ2n) is 11.7. The zero-order valence-electron chi connectivity index (χ0n) is 20.5. The number of amides is 4. The Bertz CT molecular complexity index is 1220. The quantitative estimate of drug-likeness (QED) is 0.563. The molecule has 1 atom stereocenters. The molecule has 9 nitrogen and oxygen atoms in total. The van der Waals surface area contributed by atoms with Crippen LogP contribution >= 0.6 is 11.5 Å². The molecule has 1 aromatic carbocycles. The number of hydrogen-bond donors (Lipinski definition) is 1. The fourth-order valence-electron chi connectivity index (χ4n) is 7.80. The Morgan fingerprint density at radius 1 is 1.03 bits per heavy atom. The van der Waals surface area contributed by atoms with E-state index in [1.807, 2.05) is 0 Å². The highest BCUT2D eigenvalue weighted by molar-refractivity contribution is 7.03. The first kappa shape index (κ1) is 23.0. The molecule has 0 spiro atoms. The smallest absolute Gasteiger partial charge is 0.262 e. The summed E-state index contributed by atoms with van der Waals surface area (Å²) < 4.78 is 3.98. The average molecular weight is 520 g/mol. The molecule has 4 amide bonds. The van der Waals surface area contributed by atoms with Crippen LogP contribution in [-0.2, 0) is 9.59 Å². The summed E-state index contributed by atoms with van der Waals surface area (Å²) in [7, 11) is 0. The maximum Gasteiger partial charge on any atom is 0.262 e. The predicted molar refractivity (Wildman–Crippen MR) is 133 cm³/mol. The molecule has 6 aliphatic rings. The standard InChI is InChI=1S/C27H29N5O4S/c33-22(13-31-25(35)19-3-1-2-4-20(19)26(31)36)32(18-5-6-18)23(21-14-37-30-29-21)24(34)28-27-10-15-7-16(11-27)9-17(8-15)12-27/h1-4,14-18,23H,5-13H2,(H,28,34)/t15?,16?,17?,23-,27?/m1/s1. The van der Waals surface area contributed by atoms with Crippen molar-refractivity contribution in [3.63, 3.8) is 0 Å². The highest BCUT2D eigenvalue weighted by Gasteiger charge is 2.53. The fourth-order valence-corrected chi connectivity index (χ4v) is 8.27. The molecule has 0 unspecified atom stereocenters. The number of carbonyl (C=O) groups is 4. The normalized spacial score (nSPS) is 30.4. The highest BCUT2D eigenvalue weighted by atomic mass is 32.1. The fraction of sp³-hybridized carbons (Fsp3) is 0.556. The zero-order chi connectivity index (χ0) is 25.3. The minimum absolute atomic E-state index is 0.128. The molecule has 10 heteroatoms. The van der Waals surface area contributed by atoms with Crippen molar-refractivity contribution in [2.24, 2.45) is 17.8 Å². The number of hydrogen-bond acceptors (Lipinski definition) is 7. The topological polar surface area (TPSA) is 113 Å². The third-order valence-corrected chi connectivity index (χ3v) is 9.53. The first-order valence-electron chi connectivity index (χ1n) is 13.3. The van der Waals surface area contributed by atoms with Gasteiger partial charge in [-0.25, -0.2) is 0 Å². The van der Waals surface area contributed by atoms with Crippen molar-refractivity contribution in [2.45, 2.75) is 69.0 Å². The molecular weight excluding hydrogens is 490 g/mol. The molecular formula is C27H29N5O4S. The lowest BCUT2D eigenvalue weighted by atomic mass is 9.53. The number of aromatic nitrogens is 2. The molecule has 5 saturated carbocycles. The molecule has 1 aromatic heterocycles. The van der Waals surface area contributed by atoms with E-state index in [4.69, 9.17) is 0 Å². The van der Waals surface area contributed by atoms with Gasteiger partial charge in [-0.2, -0.15) is 0 Å². The van der Waals surface area contributed by atoms with Crippen molar-refractivity contribution in [3.8, 4) is 0 Å². The van der Waals surface area contributed by atoms with E-state index >= 15 is 0 Å². The van der Waals surface area contributed by atoms with Crippen molar-refractivity contribution in [2.75, 3.05) is 6.54 Å². The van der Waals surface area contributed by atoms with E-state index in [1.54, 1.807) is 34.5 Å².